The summed E-state index contributed by atoms with van der Waals surface area (Å²) in [5.74, 6) is -0.383. The van der Waals surface area contributed by atoms with Gasteiger partial charge in [-0.3, -0.25) is 4.79 Å². The molecule has 0 aromatic heterocycles. The number of nitrogens with one attached hydrogen (secondary N) is 1. The van der Waals surface area contributed by atoms with E-state index in [1.807, 2.05) is 49.4 Å². The molecular weight excluding hydrogens is 331 g/mol. The van der Waals surface area contributed by atoms with E-state index in [4.69, 9.17) is 23.2 Å². The second kappa shape index (κ2) is 6.34. The number of rotatable bonds is 4. The first-order chi connectivity index (χ1) is 11.0. The van der Waals surface area contributed by atoms with E-state index in [1.54, 1.807) is 18.3 Å². The predicted molar refractivity (Wildman–Crippen MR) is 94.2 cm³/mol. The Morgan fingerprint density at radius 2 is 1.78 bits per heavy atom. The number of halogens is 2. The van der Waals surface area contributed by atoms with Crippen LogP contribution in [-0.4, -0.2) is 16.5 Å². The second-order valence-electron chi connectivity index (χ2n) is 5.67. The van der Waals surface area contributed by atoms with E-state index >= 15 is 0 Å². The number of amides is 1. The quantitative estimate of drug-likeness (QED) is 0.500. The highest BCUT2D eigenvalue weighted by molar-refractivity contribution is 6.53. The molecule has 1 fully saturated rings. The maximum Gasteiger partial charge on any atom is 0.271 e. The van der Waals surface area contributed by atoms with Crippen molar-refractivity contribution in [3.05, 3.63) is 71.3 Å². The zero-order chi connectivity index (χ0) is 16.4. The Kier molecular flexibility index (Phi) is 4.42. The van der Waals surface area contributed by atoms with Gasteiger partial charge in [0.2, 0.25) is 0 Å². The predicted octanol–water partition coefficient (Wildman–Crippen LogP) is 4.30. The molecule has 1 aliphatic rings. The van der Waals surface area contributed by atoms with Gasteiger partial charge < -0.3 is 0 Å². The lowest BCUT2D eigenvalue weighted by Crippen LogP contribution is -2.17. The Morgan fingerprint density at radius 3 is 2.43 bits per heavy atom. The van der Waals surface area contributed by atoms with E-state index in [0.717, 1.165) is 11.1 Å². The minimum Gasteiger partial charge on any atom is -0.267 e. The van der Waals surface area contributed by atoms with Crippen LogP contribution in [0.4, 0.5) is 0 Å². The van der Waals surface area contributed by atoms with E-state index in [1.165, 1.54) is 0 Å². The highest BCUT2D eigenvalue weighted by Gasteiger charge is 2.63. The number of carbonyl (C=O) groups excluding carboxylic acids is 1. The number of alkyl halides is 2. The fourth-order valence-corrected chi connectivity index (χ4v) is 3.33. The number of hydrazone groups is 1. The lowest BCUT2D eigenvalue weighted by Gasteiger charge is -2.00. The molecule has 1 amide bonds. The van der Waals surface area contributed by atoms with Crippen LogP contribution in [0.1, 0.15) is 27.4 Å². The van der Waals surface area contributed by atoms with E-state index < -0.39 is 4.33 Å². The molecule has 0 spiro atoms. The standard InChI is InChI=1S/C18H16Cl2N2O/c1-12-7-9-14(10-8-12)17(23)22-21-11-15-16(18(15,19)20)13-5-3-2-4-6-13/h2-11,15-16H,1H3,(H,22,23)/b21-11+. The van der Waals surface area contributed by atoms with Crippen molar-refractivity contribution < 1.29 is 4.79 Å². The van der Waals surface area contributed by atoms with Crippen molar-refractivity contribution in [3.8, 4) is 0 Å². The molecule has 0 aliphatic heterocycles. The Morgan fingerprint density at radius 1 is 1.13 bits per heavy atom. The van der Waals surface area contributed by atoms with Gasteiger partial charge in [0.15, 0.2) is 0 Å². The molecule has 0 saturated heterocycles. The van der Waals surface area contributed by atoms with Crippen LogP contribution in [0.25, 0.3) is 0 Å². The van der Waals surface area contributed by atoms with E-state index in [9.17, 15) is 4.79 Å². The Labute approximate surface area is 145 Å². The summed E-state index contributed by atoms with van der Waals surface area (Å²) >= 11 is 12.6. The minimum atomic E-state index is -0.876. The normalized spacial score (nSPS) is 22.0. The van der Waals surface area contributed by atoms with Gasteiger partial charge in [0.05, 0.1) is 0 Å². The van der Waals surface area contributed by atoms with E-state index in [-0.39, 0.29) is 17.7 Å². The summed E-state index contributed by atoms with van der Waals surface area (Å²) in [6.07, 6.45) is 1.61. The molecule has 2 aromatic carbocycles. The highest BCUT2D eigenvalue weighted by Crippen LogP contribution is 2.63. The molecule has 1 aliphatic carbocycles. The van der Waals surface area contributed by atoms with Crippen LogP contribution in [0.2, 0.25) is 0 Å². The average molecular weight is 347 g/mol. The third kappa shape index (κ3) is 3.41. The monoisotopic (exact) mass is 346 g/mol. The zero-order valence-corrected chi connectivity index (χ0v) is 14.1. The lowest BCUT2D eigenvalue weighted by atomic mass is 10.1. The molecule has 3 nitrogen and oxygen atoms in total. The van der Waals surface area contributed by atoms with Gasteiger partial charge >= 0.3 is 0 Å². The largest absolute Gasteiger partial charge is 0.271 e. The Hall–Kier alpha value is -1.84. The molecule has 1 saturated carbocycles. The van der Waals surface area contributed by atoms with Crippen LogP contribution >= 0.6 is 23.2 Å². The number of hydrogen-bond acceptors (Lipinski definition) is 2. The molecule has 2 unspecified atom stereocenters. The molecule has 0 radical (unpaired) electrons. The molecule has 2 aromatic rings. The first kappa shape index (κ1) is 16.0. The zero-order valence-electron chi connectivity index (χ0n) is 12.5. The van der Waals surface area contributed by atoms with Crippen LogP contribution in [0.5, 0.6) is 0 Å². The van der Waals surface area contributed by atoms with Gasteiger partial charge in [0, 0.05) is 23.6 Å². The molecular formula is C18H16Cl2N2O. The summed E-state index contributed by atoms with van der Waals surface area (Å²) in [6.45, 7) is 1.97. The van der Waals surface area contributed by atoms with E-state index in [2.05, 4.69) is 10.5 Å². The van der Waals surface area contributed by atoms with Crippen LogP contribution in [-0.2, 0) is 0 Å². The van der Waals surface area contributed by atoms with E-state index in [0.29, 0.717) is 5.56 Å². The van der Waals surface area contributed by atoms with Gasteiger partial charge in [0.1, 0.15) is 4.33 Å². The van der Waals surface area contributed by atoms with Gasteiger partial charge in [-0.2, -0.15) is 5.10 Å². The maximum atomic E-state index is 12.0. The van der Waals surface area contributed by atoms with Crippen molar-refractivity contribution in [2.24, 2.45) is 11.0 Å². The summed E-state index contributed by atoms with van der Waals surface area (Å²) in [6, 6.07) is 17.1. The van der Waals surface area contributed by atoms with Crippen LogP contribution in [0.3, 0.4) is 0 Å². The summed E-state index contributed by atoms with van der Waals surface area (Å²) < 4.78 is -0.876. The van der Waals surface area contributed by atoms with Gasteiger partial charge in [-0.1, -0.05) is 48.0 Å². The molecule has 3 rings (SSSR count). The smallest absolute Gasteiger partial charge is 0.267 e. The fourth-order valence-electron chi connectivity index (χ4n) is 2.57. The number of carbonyl (C=O) groups is 1. The number of aryl methyl sites for hydroxylation is 1. The van der Waals surface area contributed by atoms with Crippen LogP contribution in [0, 0.1) is 12.8 Å². The van der Waals surface area contributed by atoms with Gasteiger partial charge in [-0.25, -0.2) is 5.43 Å². The van der Waals surface area contributed by atoms with Crippen LogP contribution in [0.15, 0.2) is 59.7 Å². The number of nitrogens with zero attached hydrogens (tertiary/aromatic N) is 1. The topological polar surface area (TPSA) is 41.5 Å². The van der Waals surface area contributed by atoms with Gasteiger partial charge in [-0.15, -0.1) is 23.2 Å². The van der Waals surface area contributed by atoms with Crippen molar-refractivity contribution in [1.82, 2.24) is 5.43 Å². The number of hydrogen-bond donors (Lipinski definition) is 1. The molecule has 0 heterocycles. The lowest BCUT2D eigenvalue weighted by molar-refractivity contribution is 0.0955. The SMILES string of the molecule is Cc1ccc(C(=O)N/N=C/C2C(c3ccccc3)C2(Cl)Cl)cc1. The van der Waals surface area contributed by atoms with Crippen molar-refractivity contribution in [2.45, 2.75) is 17.2 Å². The first-order valence-electron chi connectivity index (χ1n) is 7.33. The molecule has 23 heavy (non-hydrogen) atoms. The summed E-state index contributed by atoms with van der Waals surface area (Å²) in [4.78, 5) is 12.0. The third-order valence-electron chi connectivity index (χ3n) is 3.98. The summed E-state index contributed by atoms with van der Waals surface area (Å²) in [7, 11) is 0. The Balaban J connectivity index is 1.62. The first-order valence-corrected chi connectivity index (χ1v) is 8.08. The second-order valence-corrected chi connectivity index (χ2v) is 7.12. The van der Waals surface area contributed by atoms with Crippen molar-refractivity contribution in [3.63, 3.8) is 0 Å². The number of benzene rings is 2. The molecule has 1 N–H and O–H groups in total. The third-order valence-corrected chi connectivity index (χ3v) is 4.96. The molecule has 0 bridgehead atoms. The van der Waals surface area contributed by atoms with Crippen LogP contribution < -0.4 is 5.43 Å². The highest BCUT2D eigenvalue weighted by atomic mass is 35.5. The van der Waals surface area contributed by atoms with Gasteiger partial charge in [-0.05, 0) is 24.6 Å². The molecule has 2 atom stereocenters. The maximum absolute atomic E-state index is 12.0. The average Bonchev–Trinajstić information content (AvgIpc) is 3.09. The van der Waals surface area contributed by atoms with Crippen molar-refractivity contribution >= 4 is 35.3 Å². The minimum absolute atomic E-state index is 0.00735. The fraction of sp³-hybridized carbons (Fsp3) is 0.222. The molecule has 5 heteroatoms. The summed E-state index contributed by atoms with van der Waals surface area (Å²) in [5, 5.41) is 4.01. The Bertz CT molecular complexity index is 726. The molecule has 118 valence electrons. The van der Waals surface area contributed by atoms with Crippen molar-refractivity contribution in [2.75, 3.05) is 0 Å². The van der Waals surface area contributed by atoms with Gasteiger partial charge in [0.25, 0.3) is 5.91 Å². The van der Waals surface area contributed by atoms with Crippen molar-refractivity contribution in [1.29, 1.82) is 0 Å². The summed E-state index contributed by atoms with van der Waals surface area (Å²) in [5.41, 5.74) is 5.24.